The van der Waals surface area contributed by atoms with Crippen LogP contribution in [0.15, 0.2) is 35.7 Å². The fourth-order valence-electron chi connectivity index (χ4n) is 3.17. The summed E-state index contributed by atoms with van der Waals surface area (Å²) >= 11 is 1.62. The Labute approximate surface area is 170 Å². The van der Waals surface area contributed by atoms with Crippen molar-refractivity contribution in [2.75, 3.05) is 13.1 Å². The van der Waals surface area contributed by atoms with Crippen molar-refractivity contribution in [3.8, 4) is 0 Å². The van der Waals surface area contributed by atoms with Gasteiger partial charge < -0.3 is 9.80 Å². The monoisotopic (exact) mass is 402 g/mol. The third-order valence-electron chi connectivity index (χ3n) is 5.00. The van der Waals surface area contributed by atoms with Gasteiger partial charge in [0.1, 0.15) is 5.82 Å². The maximum atomic E-state index is 13.2. The number of rotatable bonds is 9. The summed E-state index contributed by atoms with van der Waals surface area (Å²) in [5, 5.41) is 2.02. The van der Waals surface area contributed by atoms with E-state index in [4.69, 9.17) is 0 Å². The molecular formula is C22H27FN2O2S. The zero-order valence-electron chi connectivity index (χ0n) is 16.5. The summed E-state index contributed by atoms with van der Waals surface area (Å²) in [7, 11) is 0. The van der Waals surface area contributed by atoms with Gasteiger partial charge in [0, 0.05) is 23.9 Å². The fraction of sp³-hybridized carbons (Fsp3) is 0.455. The average molecular weight is 403 g/mol. The lowest BCUT2D eigenvalue weighted by Gasteiger charge is -2.28. The summed E-state index contributed by atoms with van der Waals surface area (Å²) in [5.74, 6) is -0.159. The van der Waals surface area contributed by atoms with Gasteiger partial charge in [-0.3, -0.25) is 9.59 Å². The number of carbonyl (C=O) groups is 2. The number of hydrogen-bond donors (Lipinski definition) is 0. The van der Waals surface area contributed by atoms with E-state index in [1.165, 1.54) is 12.1 Å². The van der Waals surface area contributed by atoms with Crippen molar-refractivity contribution in [3.05, 3.63) is 57.5 Å². The Kier molecular flexibility index (Phi) is 6.83. The Bertz CT molecular complexity index is 814. The molecule has 1 aromatic carbocycles. The lowest BCUT2D eigenvalue weighted by Crippen LogP contribution is -2.43. The summed E-state index contributed by atoms with van der Waals surface area (Å²) in [6.45, 7) is 5.65. The van der Waals surface area contributed by atoms with E-state index < -0.39 is 0 Å². The van der Waals surface area contributed by atoms with E-state index in [9.17, 15) is 14.0 Å². The zero-order chi connectivity index (χ0) is 20.1. The molecule has 1 aliphatic carbocycles. The molecule has 0 saturated heterocycles. The number of halogens is 1. The minimum Gasteiger partial charge on any atom is -0.333 e. The number of benzene rings is 1. The molecule has 2 aromatic rings. The van der Waals surface area contributed by atoms with Crippen LogP contribution in [0.4, 0.5) is 4.39 Å². The Morgan fingerprint density at radius 3 is 2.39 bits per heavy atom. The largest absolute Gasteiger partial charge is 0.333 e. The van der Waals surface area contributed by atoms with E-state index in [1.54, 1.807) is 33.3 Å². The van der Waals surface area contributed by atoms with Crippen molar-refractivity contribution in [1.29, 1.82) is 0 Å². The van der Waals surface area contributed by atoms with Gasteiger partial charge >= 0.3 is 0 Å². The Morgan fingerprint density at radius 1 is 1.11 bits per heavy atom. The van der Waals surface area contributed by atoms with E-state index in [-0.39, 0.29) is 30.1 Å². The smallest absolute Gasteiger partial charge is 0.242 e. The first-order valence-electron chi connectivity index (χ1n) is 9.82. The van der Waals surface area contributed by atoms with Crippen LogP contribution in [0.25, 0.3) is 0 Å². The van der Waals surface area contributed by atoms with E-state index in [0.29, 0.717) is 19.6 Å². The van der Waals surface area contributed by atoms with E-state index in [1.807, 2.05) is 25.3 Å². The van der Waals surface area contributed by atoms with Gasteiger partial charge in [0.2, 0.25) is 11.8 Å². The van der Waals surface area contributed by atoms with Crippen molar-refractivity contribution in [2.24, 2.45) is 5.92 Å². The Hall–Kier alpha value is -2.21. The van der Waals surface area contributed by atoms with E-state index >= 15 is 0 Å². The van der Waals surface area contributed by atoms with Crippen LogP contribution in [0.3, 0.4) is 0 Å². The highest BCUT2D eigenvalue weighted by Gasteiger charge is 2.34. The molecule has 150 valence electrons. The summed E-state index contributed by atoms with van der Waals surface area (Å²) in [6, 6.07) is 8.27. The first kappa shape index (κ1) is 20.5. The number of amides is 2. The molecule has 3 rings (SSSR count). The SMILES string of the molecule is CCCN(CC(=O)N(Cc1ccc(F)cc1)Cc1sccc1C)C(=O)C1CC1. The Balaban J connectivity index is 1.75. The van der Waals surface area contributed by atoms with Crippen molar-refractivity contribution >= 4 is 23.2 Å². The molecule has 0 radical (unpaired) electrons. The quantitative estimate of drug-likeness (QED) is 0.625. The number of thiophene rings is 1. The number of aryl methyl sites for hydroxylation is 1. The molecule has 4 nitrogen and oxygen atoms in total. The first-order valence-corrected chi connectivity index (χ1v) is 10.7. The standard InChI is InChI=1S/C22H27FN2O2S/c1-3-11-24(22(27)18-6-7-18)15-21(26)25(14-20-16(2)10-12-28-20)13-17-4-8-19(23)9-5-17/h4-5,8-10,12,18H,3,6-7,11,13-15H2,1-2H3. The molecule has 1 aliphatic rings. The van der Waals surface area contributed by atoms with Gasteiger partial charge in [-0.25, -0.2) is 4.39 Å². The van der Waals surface area contributed by atoms with Crippen molar-refractivity contribution in [2.45, 2.75) is 46.2 Å². The lowest BCUT2D eigenvalue weighted by atomic mass is 10.2. The van der Waals surface area contributed by atoms with Gasteiger partial charge in [-0.1, -0.05) is 19.1 Å². The molecule has 2 amide bonds. The molecule has 1 saturated carbocycles. The lowest BCUT2D eigenvalue weighted by molar-refractivity contribution is -0.142. The highest BCUT2D eigenvalue weighted by molar-refractivity contribution is 7.10. The minimum absolute atomic E-state index is 0.0698. The third kappa shape index (κ3) is 5.41. The number of nitrogens with zero attached hydrogens (tertiary/aromatic N) is 2. The molecule has 28 heavy (non-hydrogen) atoms. The number of carbonyl (C=O) groups excluding carboxylic acids is 2. The molecule has 0 spiro atoms. The normalized spacial score (nSPS) is 13.4. The second-order valence-electron chi connectivity index (χ2n) is 7.44. The minimum atomic E-state index is -0.292. The predicted octanol–water partition coefficient (Wildman–Crippen LogP) is 4.37. The molecule has 6 heteroatoms. The van der Waals surface area contributed by atoms with Crippen LogP contribution >= 0.6 is 11.3 Å². The van der Waals surface area contributed by atoms with Gasteiger partial charge in [0.25, 0.3) is 0 Å². The molecule has 0 N–H and O–H groups in total. The molecule has 1 heterocycles. The van der Waals surface area contributed by atoms with Crippen LogP contribution in [-0.4, -0.2) is 34.7 Å². The molecule has 0 aliphatic heterocycles. The maximum absolute atomic E-state index is 13.2. The topological polar surface area (TPSA) is 40.6 Å². The highest BCUT2D eigenvalue weighted by atomic mass is 32.1. The number of hydrogen-bond acceptors (Lipinski definition) is 3. The van der Waals surface area contributed by atoms with Crippen LogP contribution in [0.2, 0.25) is 0 Å². The van der Waals surface area contributed by atoms with Crippen LogP contribution in [0.1, 0.15) is 42.2 Å². The molecule has 0 atom stereocenters. The second-order valence-corrected chi connectivity index (χ2v) is 8.44. The van der Waals surface area contributed by atoms with Crippen LogP contribution in [0.5, 0.6) is 0 Å². The fourth-order valence-corrected chi connectivity index (χ4v) is 4.09. The van der Waals surface area contributed by atoms with Gasteiger partial charge in [-0.2, -0.15) is 0 Å². The van der Waals surface area contributed by atoms with Crippen molar-refractivity contribution in [1.82, 2.24) is 9.80 Å². The van der Waals surface area contributed by atoms with E-state index in [0.717, 1.165) is 35.3 Å². The second kappa shape index (κ2) is 9.32. The van der Waals surface area contributed by atoms with Crippen LogP contribution < -0.4 is 0 Å². The molecular weight excluding hydrogens is 375 g/mol. The summed E-state index contributed by atoms with van der Waals surface area (Å²) < 4.78 is 13.2. The third-order valence-corrected chi connectivity index (χ3v) is 6.01. The summed E-state index contributed by atoms with van der Waals surface area (Å²) in [6.07, 6.45) is 2.69. The molecule has 1 aromatic heterocycles. The zero-order valence-corrected chi connectivity index (χ0v) is 17.3. The molecule has 1 fully saturated rings. The Morgan fingerprint density at radius 2 is 1.82 bits per heavy atom. The van der Waals surface area contributed by atoms with Gasteiger partial charge in [-0.05, 0) is 60.9 Å². The first-order chi connectivity index (χ1) is 13.5. The summed E-state index contributed by atoms with van der Waals surface area (Å²) in [4.78, 5) is 30.3. The summed E-state index contributed by atoms with van der Waals surface area (Å²) in [5.41, 5.74) is 2.03. The van der Waals surface area contributed by atoms with Crippen molar-refractivity contribution < 1.29 is 14.0 Å². The van der Waals surface area contributed by atoms with Crippen LogP contribution in [0, 0.1) is 18.7 Å². The van der Waals surface area contributed by atoms with Gasteiger partial charge in [0.05, 0.1) is 13.1 Å². The van der Waals surface area contributed by atoms with Gasteiger partial charge in [-0.15, -0.1) is 11.3 Å². The van der Waals surface area contributed by atoms with E-state index in [2.05, 4.69) is 0 Å². The van der Waals surface area contributed by atoms with Crippen LogP contribution in [-0.2, 0) is 22.7 Å². The van der Waals surface area contributed by atoms with Crippen molar-refractivity contribution in [3.63, 3.8) is 0 Å². The molecule has 0 unspecified atom stereocenters. The average Bonchev–Trinajstić information content (AvgIpc) is 3.45. The maximum Gasteiger partial charge on any atom is 0.242 e. The van der Waals surface area contributed by atoms with Gasteiger partial charge in [0.15, 0.2) is 0 Å². The highest BCUT2D eigenvalue weighted by Crippen LogP contribution is 2.31. The molecule has 0 bridgehead atoms. The predicted molar refractivity (Wildman–Crippen MR) is 109 cm³/mol.